The molecule has 5 N–H and O–H groups in total. The first-order valence-corrected chi connectivity index (χ1v) is 10.6. The molecule has 1 atom stereocenters. The fourth-order valence-corrected chi connectivity index (χ4v) is 3.43. The van der Waals surface area contributed by atoms with E-state index < -0.39 is 5.91 Å². The van der Waals surface area contributed by atoms with E-state index in [-0.39, 0.29) is 17.9 Å². The van der Waals surface area contributed by atoms with Crippen molar-refractivity contribution in [3.05, 3.63) is 11.7 Å². The third kappa shape index (κ3) is 11.6. The lowest BCUT2D eigenvalue weighted by Gasteiger charge is -2.22. The summed E-state index contributed by atoms with van der Waals surface area (Å²) in [5, 5.41) is 12.6. The standard InChI is InChI=1S/C15H26N4O3S.C4H11N/c20-14(18-21)9-12(15-17-13(10-16-23)19-22-15)8-4-7-11-5-2-1-3-6-11;1-4(2,3)5/h11-12,16,21,23H,1-10H2,(H,18,20);5H2,1-3H3. The largest absolute Gasteiger partial charge is 0.339 e. The zero-order chi connectivity index (χ0) is 21.0. The summed E-state index contributed by atoms with van der Waals surface area (Å²) in [6.07, 6.45) is 9.83. The van der Waals surface area contributed by atoms with E-state index in [1.165, 1.54) is 38.5 Å². The molecule has 0 spiro atoms. The van der Waals surface area contributed by atoms with Crippen molar-refractivity contribution >= 4 is 18.7 Å². The summed E-state index contributed by atoms with van der Waals surface area (Å²) in [4.78, 5) is 15.8. The number of hydrogen-bond acceptors (Lipinski definition) is 8. The van der Waals surface area contributed by atoms with Gasteiger partial charge in [0, 0.05) is 17.9 Å². The van der Waals surface area contributed by atoms with Gasteiger partial charge in [-0.15, -0.1) is 0 Å². The molecule has 0 saturated heterocycles. The van der Waals surface area contributed by atoms with Crippen LogP contribution in [0.4, 0.5) is 0 Å². The van der Waals surface area contributed by atoms with Crippen molar-refractivity contribution in [3.63, 3.8) is 0 Å². The lowest BCUT2D eigenvalue weighted by molar-refractivity contribution is -0.129. The maximum atomic E-state index is 11.5. The van der Waals surface area contributed by atoms with Gasteiger partial charge in [-0.2, -0.15) is 4.98 Å². The number of nitrogens with zero attached hydrogens (tertiary/aromatic N) is 2. The predicted molar refractivity (Wildman–Crippen MR) is 112 cm³/mol. The second-order valence-corrected chi connectivity index (χ2v) is 8.94. The number of hydrogen-bond donors (Lipinski definition) is 5. The Morgan fingerprint density at radius 2 is 2.00 bits per heavy atom. The number of thiol groups is 1. The molecule has 28 heavy (non-hydrogen) atoms. The van der Waals surface area contributed by atoms with Crippen LogP contribution >= 0.6 is 12.8 Å². The van der Waals surface area contributed by atoms with Gasteiger partial charge in [-0.25, -0.2) is 5.48 Å². The Hall–Kier alpha value is -1.16. The molecule has 9 heteroatoms. The van der Waals surface area contributed by atoms with Crippen LogP contribution in [-0.4, -0.2) is 26.8 Å². The van der Waals surface area contributed by atoms with E-state index in [0.29, 0.717) is 18.3 Å². The van der Waals surface area contributed by atoms with Crippen molar-refractivity contribution in [2.24, 2.45) is 11.7 Å². The van der Waals surface area contributed by atoms with Crippen LogP contribution in [-0.2, 0) is 11.3 Å². The predicted octanol–water partition coefficient (Wildman–Crippen LogP) is 3.48. The fraction of sp³-hybridized carbons (Fsp3) is 0.842. The van der Waals surface area contributed by atoms with Gasteiger partial charge in [0.2, 0.25) is 11.8 Å². The number of nitrogens with one attached hydrogen (secondary N) is 2. The highest BCUT2D eigenvalue weighted by Gasteiger charge is 2.23. The maximum absolute atomic E-state index is 11.5. The Kier molecular flexibility index (Phi) is 11.7. The van der Waals surface area contributed by atoms with Crippen LogP contribution < -0.4 is 15.9 Å². The molecule has 1 aromatic heterocycles. The van der Waals surface area contributed by atoms with E-state index >= 15 is 0 Å². The van der Waals surface area contributed by atoms with Crippen LogP contribution in [0.25, 0.3) is 0 Å². The smallest absolute Gasteiger partial charge is 0.244 e. The van der Waals surface area contributed by atoms with Crippen molar-refractivity contribution in [2.75, 3.05) is 0 Å². The molecule has 0 radical (unpaired) electrons. The minimum atomic E-state index is -0.431. The SMILES string of the molecule is CC(C)(C)N.O=C(CC(CCCC1CCCCC1)c1nc(CNS)no1)NO. The number of carbonyl (C=O) groups excluding carboxylic acids is 1. The molecular weight excluding hydrogens is 378 g/mol. The molecular formula is C19H37N5O3S. The summed E-state index contributed by atoms with van der Waals surface area (Å²) in [6.45, 7) is 6.29. The molecule has 162 valence electrons. The van der Waals surface area contributed by atoms with E-state index in [0.717, 1.165) is 18.8 Å². The zero-order valence-corrected chi connectivity index (χ0v) is 18.3. The van der Waals surface area contributed by atoms with Crippen LogP contribution in [0.5, 0.6) is 0 Å². The molecule has 0 bridgehead atoms. The number of rotatable bonds is 9. The average molecular weight is 416 g/mol. The van der Waals surface area contributed by atoms with Crippen molar-refractivity contribution < 1.29 is 14.5 Å². The maximum Gasteiger partial charge on any atom is 0.244 e. The number of nitrogens with two attached hydrogens (primary N) is 1. The minimum absolute atomic E-state index is 0. The summed E-state index contributed by atoms with van der Waals surface area (Å²) in [6, 6.07) is 0. The first kappa shape index (κ1) is 24.9. The van der Waals surface area contributed by atoms with Crippen molar-refractivity contribution in [2.45, 2.75) is 96.6 Å². The Balaban J connectivity index is 0.000000696. The van der Waals surface area contributed by atoms with Crippen LogP contribution in [0, 0.1) is 5.92 Å². The molecule has 0 aromatic carbocycles. The second kappa shape index (κ2) is 13.1. The molecule has 1 saturated carbocycles. The van der Waals surface area contributed by atoms with Crippen molar-refractivity contribution in [1.82, 2.24) is 20.3 Å². The Morgan fingerprint density at radius 1 is 1.36 bits per heavy atom. The van der Waals surface area contributed by atoms with Gasteiger partial charge in [0.1, 0.15) is 0 Å². The summed E-state index contributed by atoms with van der Waals surface area (Å²) in [7, 11) is 0. The molecule has 1 heterocycles. The topological polar surface area (TPSA) is 126 Å². The molecule has 2 rings (SSSR count). The lowest BCUT2D eigenvalue weighted by Crippen LogP contribution is -2.26. The average Bonchev–Trinajstić information content (AvgIpc) is 3.09. The summed E-state index contributed by atoms with van der Waals surface area (Å²) < 4.78 is 7.94. The number of carbonyl (C=O) groups is 1. The lowest BCUT2D eigenvalue weighted by atomic mass is 9.84. The molecule has 1 aliphatic carbocycles. The van der Waals surface area contributed by atoms with Crippen LogP contribution in [0.15, 0.2) is 4.52 Å². The summed E-state index contributed by atoms with van der Waals surface area (Å²) >= 11 is 3.91. The van der Waals surface area contributed by atoms with E-state index in [1.54, 1.807) is 5.48 Å². The molecule has 1 aliphatic rings. The Bertz CT molecular complexity index is 550. The highest BCUT2D eigenvalue weighted by molar-refractivity contribution is 7.78. The third-order valence-electron chi connectivity index (χ3n) is 4.52. The van der Waals surface area contributed by atoms with Crippen molar-refractivity contribution in [3.8, 4) is 0 Å². The highest BCUT2D eigenvalue weighted by atomic mass is 32.1. The number of amides is 1. The minimum Gasteiger partial charge on any atom is -0.339 e. The molecule has 0 aliphatic heterocycles. The highest BCUT2D eigenvalue weighted by Crippen LogP contribution is 2.31. The van der Waals surface area contributed by atoms with Gasteiger partial charge in [0.25, 0.3) is 0 Å². The summed E-state index contributed by atoms with van der Waals surface area (Å²) in [5.74, 6) is 1.18. The first-order chi connectivity index (χ1) is 13.2. The van der Waals surface area contributed by atoms with Gasteiger partial charge in [0.05, 0.1) is 6.54 Å². The number of hydroxylamine groups is 1. The Morgan fingerprint density at radius 3 is 2.57 bits per heavy atom. The normalized spacial score (nSPS) is 16.2. The first-order valence-electron chi connectivity index (χ1n) is 10.1. The van der Waals surface area contributed by atoms with Crippen LogP contribution in [0.2, 0.25) is 0 Å². The van der Waals surface area contributed by atoms with Crippen LogP contribution in [0.1, 0.15) is 96.2 Å². The van der Waals surface area contributed by atoms with E-state index in [9.17, 15) is 4.79 Å². The van der Waals surface area contributed by atoms with Gasteiger partial charge in [-0.3, -0.25) is 14.7 Å². The van der Waals surface area contributed by atoms with E-state index in [4.69, 9.17) is 15.5 Å². The second-order valence-electron chi connectivity index (χ2n) is 8.62. The molecule has 1 aromatic rings. The third-order valence-corrected chi connectivity index (χ3v) is 4.67. The van der Waals surface area contributed by atoms with Gasteiger partial charge in [-0.1, -0.05) is 62.9 Å². The summed E-state index contributed by atoms with van der Waals surface area (Å²) in [5.41, 5.74) is 7.04. The van der Waals surface area contributed by atoms with E-state index in [2.05, 4.69) is 27.7 Å². The van der Waals surface area contributed by atoms with Crippen LogP contribution in [0.3, 0.4) is 0 Å². The fourth-order valence-electron chi connectivity index (χ4n) is 3.29. The van der Waals surface area contributed by atoms with Gasteiger partial charge in [0.15, 0.2) is 5.82 Å². The van der Waals surface area contributed by atoms with Gasteiger partial charge in [-0.05, 0) is 33.1 Å². The zero-order valence-electron chi connectivity index (χ0n) is 17.4. The van der Waals surface area contributed by atoms with Crippen molar-refractivity contribution in [1.29, 1.82) is 0 Å². The van der Waals surface area contributed by atoms with Gasteiger partial charge < -0.3 is 10.3 Å². The number of aromatic nitrogens is 2. The molecule has 1 fully saturated rings. The molecule has 1 unspecified atom stereocenters. The monoisotopic (exact) mass is 415 g/mol. The molecule has 1 amide bonds. The Labute approximate surface area is 173 Å². The van der Waals surface area contributed by atoms with E-state index in [1.807, 2.05) is 20.8 Å². The molecule has 8 nitrogen and oxygen atoms in total. The van der Waals surface area contributed by atoms with Gasteiger partial charge >= 0.3 is 0 Å². The quantitative estimate of drug-likeness (QED) is 0.237.